The molecule has 1 amide bonds. The largest absolute Gasteiger partial charge is 0.481 e. The number of nitrogens with zero attached hydrogens (tertiary/aromatic N) is 1. The molecule has 27 heavy (non-hydrogen) atoms. The predicted octanol–water partition coefficient (Wildman–Crippen LogP) is 4.54. The standard InChI is InChI=1S/C20H17NO4S2/c22-18(23)7-4-12-21-19(24)17(27-20(21)26)13-14-8-10-16(11-9-14)25-15-5-2-1-3-6-15/h1-3,5-6,8-11,13H,4,7,12H2,(H,22,23). The predicted molar refractivity (Wildman–Crippen MR) is 110 cm³/mol. The van der Waals surface area contributed by atoms with E-state index in [1.54, 1.807) is 6.08 Å². The van der Waals surface area contributed by atoms with Gasteiger partial charge in [-0.15, -0.1) is 0 Å². The van der Waals surface area contributed by atoms with Gasteiger partial charge in [-0.2, -0.15) is 0 Å². The molecule has 0 spiro atoms. The molecule has 0 unspecified atom stereocenters. The zero-order valence-corrected chi connectivity index (χ0v) is 16.0. The third kappa shape index (κ3) is 5.18. The second kappa shape index (κ2) is 8.83. The maximum absolute atomic E-state index is 12.5. The van der Waals surface area contributed by atoms with Gasteiger partial charge in [0.05, 0.1) is 4.91 Å². The van der Waals surface area contributed by atoms with E-state index < -0.39 is 5.97 Å². The molecule has 1 heterocycles. The summed E-state index contributed by atoms with van der Waals surface area (Å²) in [5.74, 6) is 0.404. The number of carboxylic acid groups (broad SMARTS) is 1. The van der Waals surface area contributed by atoms with Crippen LogP contribution in [0.5, 0.6) is 11.5 Å². The molecule has 1 aliphatic rings. The average molecular weight is 399 g/mol. The highest BCUT2D eigenvalue weighted by atomic mass is 32.2. The first kappa shape index (κ1) is 19.1. The second-order valence-electron chi connectivity index (χ2n) is 5.81. The Kier molecular flexibility index (Phi) is 6.26. The highest BCUT2D eigenvalue weighted by molar-refractivity contribution is 8.26. The van der Waals surface area contributed by atoms with Gasteiger partial charge in [0.2, 0.25) is 0 Å². The van der Waals surface area contributed by atoms with Crippen molar-refractivity contribution in [2.75, 3.05) is 6.54 Å². The van der Waals surface area contributed by atoms with Crippen molar-refractivity contribution < 1.29 is 19.4 Å². The molecule has 2 aromatic carbocycles. The number of hydrogen-bond acceptors (Lipinski definition) is 5. The summed E-state index contributed by atoms with van der Waals surface area (Å²) in [5, 5.41) is 8.72. The molecule has 0 bridgehead atoms. The Morgan fingerprint density at radius 3 is 2.44 bits per heavy atom. The number of carbonyl (C=O) groups excluding carboxylic acids is 1. The summed E-state index contributed by atoms with van der Waals surface area (Å²) < 4.78 is 6.21. The van der Waals surface area contributed by atoms with Crippen LogP contribution >= 0.6 is 24.0 Å². The Morgan fingerprint density at radius 1 is 1.11 bits per heavy atom. The van der Waals surface area contributed by atoms with E-state index in [4.69, 9.17) is 22.1 Å². The van der Waals surface area contributed by atoms with Crippen molar-refractivity contribution in [1.82, 2.24) is 4.90 Å². The van der Waals surface area contributed by atoms with Crippen LogP contribution in [0.15, 0.2) is 59.5 Å². The summed E-state index contributed by atoms with van der Waals surface area (Å²) in [5.41, 5.74) is 0.862. The second-order valence-corrected chi connectivity index (χ2v) is 7.49. The minimum atomic E-state index is -0.881. The quantitative estimate of drug-likeness (QED) is 0.544. The Morgan fingerprint density at radius 2 is 1.78 bits per heavy atom. The van der Waals surface area contributed by atoms with Crippen molar-refractivity contribution in [2.45, 2.75) is 12.8 Å². The lowest BCUT2D eigenvalue weighted by Gasteiger charge is -2.13. The molecule has 1 saturated heterocycles. The Labute approximate surface area is 166 Å². The molecule has 138 valence electrons. The number of carboxylic acids is 1. The number of ether oxygens (including phenoxy) is 1. The van der Waals surface area contributed by atoms with E-state index in [0.29, 0.717) is 27.9 Å². The topological polar surface area (TPSA) is 66.8 Å². The van der Waals surface area contributed by atoms with Crippen LogP contribution in [0.4, 0.5) is 0 Å². The molecular weight excluding hydrogens is 382 g/mol. The molecule has 0 saturated carbocycles. The molecule has 2 aromatic rings. The number of aliphatic carboxylic acids is 1. The number of rotatable bonds is 7. The van der Waals surface area contributed by atoms with Crippen LogP contribution in [0.1, 0.15) is 18.4 Å². The van der Waals surface area contributed by atoms with Gasteiger partial charge in [-0.1, -0.05) is 54.3 Å². The van der Waals surface area contributed by atoms with Gasteiger partial charge in [0, 0.05) is 13.0 Å². The van der Waals surface area contributed by atoms with Crippen LogP contribution in [0.2, 0.25) is 0 Å². The van der Waals surface area contributed by atoms with Crippen molar-refractivity contribution >= 4 is 46.3 Å². The minimum absolute atomic E-state index is 0.0129. The molecule has 7 heteroatoms. The van der Waals surface area contributed by atoms with Gasteiger partial charge in [0.1, 0.15) is 15.8 Å². The first-order valence-corrected chi connectivity index (χ1v) is 9.55. The van der Waals surface area contributed by atoms with Crippen molar-refractivity contribution in [3.05, 3.63) is 65.1 Å². The van der Waals surface area contributed by atoms with E-state index in [2.05, 4.69) is 0 Å². The molecular formula is C20H17NO4S2. The molecule has 0 aliphatic carbocycles. The monoisotopic (exact) mass is 399 g/mol. The molecule has 0 radical (unpaired) electrons. The molecule has 0 aromatic heterocycles. The Hall–Kier alpha value is -2.64. The maximum atomic E-state index is 12.5. The van der Waals surface area contributed by atoms with Gasteiger partial charge in [-0.25, -0.2) is 0 Å². The molecule has 3 rings (SSSR count). The van der Waals surface area contributed by atoms with Gasteiger partial charge >= 0.3 is 5.97 Å². The highest BCUT2D eigenvalue weighted by Crippen LogP contribution is 2.33. The molecule has 0 atom stereocenters. The van der Waals surface area contributed by atoms with Gasteiger partial charge in [-0.05, 0) is 42.3 Å². The van der Waals surface area contributed by atoms with Crippen molar-refractivity contribution in [3.63, 3.8) is 0 Å². The summed E-state index contributed by atoms with van der Waals surface area (Å²) >= 11 is 6.48. The zero-order valence-electron chi connectivity index (χ0n) is 14.3. The SMILES string of the molecule is O=C(O)CCCN1C(=O)C(=Cc2ccc(Oc3ccccc3)cc2)SC1=S. The van der Waals surface area contributed by atoms with E-state index in [0.717, 1.165) is 11.3 Å². The van der Waals surface area contributed by atoms with E-state index >= 15 is 0 Å². The lowest BCUT2D eigenvalue weighted by Crippen LogP contribution is -2.29. The van der Waals surface area contributed by atoms with Crippen molar-refractivity contribution in [3.8, 4) is 11.5 Å². The van der Waals surface area contributed by atoms with Crippen LogP contribution in [0.3, 0.4) is 0 Å². The van der Waals surface area contributed by atoms with Crippen molar-refractivity contribution in [2.24, 2.45) is 0 Å². The van der Waals surface area contributed by atoms with E-state index in [-0.39, 0.29) is 12.3 Å². The molecule has 5 nitrogen and oxygen atoms in total. The van der Waals surface area contributed by atoms with Crippen LogP contribution in [0.25, 0.3) is 6.08 Å². The normalized spacial score (nSPS) is 15.4. The number of carbonyl (C=O) groups is 2. The molecule has 1 N–H and O–H groups in total. The highest BCUT2D eigenvalue weighted by Gasteiger charge is 2.31. The summed E-state index contributed by atoms with van der Waals surface area (Å²) in [6, 6.07) is 16.9. The summed E-state index contributed by atoms with van der Waals surface area (Å²) in [6.07, 6.45) is 2.17. The van der Waals surface area contributed by atoms with Gasteiger partial charge in [-0.3, -0.25) is 14.5 Å². The average Bonchev–Trinajstić information content (AvgIpc) is 2.91. The first-order valence-electron chi connectivity index (χ1n) is 8.33. The van der Waals surface area contributed by atoms with Crippen LogP contribution < -0.4 is 4.74 Å². The fourth-order valence-corrected chi connectivity index (χ4v) is 3.80. The van der Waals surface area contributed by atoms with Gasteiger partial charge in [0.25, 0.3) is 5.91 Å². The molecule has 1 fully saturated rings. The first-order chi connectivity index (χ1) is 13.0. The van der Waals surface area contributed by atoms with Crippen LogP contribution in [0, 0.1) is 0 Å². The maximum Gasteiger partial charge on any atom is 0.303 e. The molecule has 1 aliphatic heterocycles. The van der Waals surface area contributed by atoms with Crippen molar-refractivity contribution in [1.29, 1.82) is 0 Å². The number of thioether (sulfide) groups is 1. The number of benzene rings is 2. The van der Waals surface area contributed by atoms with Gasteiger partial charge in [0.15, 0.2) is 0 Å². The zero-order chi connectivity index (χ0) is 19.2. The smallest absolute Gasteiger partial charge is 0.303 e. The Bertz CT molecular complexity index is 879. The third-order valence-electron chi connectivity index (χ3n) is 3.80. The summed E-state index contributed by atoms with van der Waals surface area (Å²) in [7, 11) is 0. The number of amides is 1. The fraction of sp³-hybridized carbons (Fsp3) is 0.150. The van der Waals surface area contributed by atoms with Crippen LogP contribution in [-0.2, 0) is 9.59 Å². The summed E-state index contributed by atoms with van der Waals surface area (Å²) in [6.45, 7) is 0.318. The van der Waals surface area contributed by atoms with E-state index in [9.17, 15) is 9.59 Å². The van der Waals surface area contributed by atoms with E-state index in [1.165, 1.54) is 16.7 Å². The third-order valence-corrected chi connectivity index (χ3v) is 5.18. The lowest BCUT2D eigenvalue weighted by molar-refractivity contribution is -0.137. The fourth-order valence-electron chi connectivity index (χ4n) is 2.49. The summed E-state index contributed by atoms with van der Waals surface area (Å²) in [4.78, 5) is 25.1. The Balaban J connectivity index is 1.65. The number of hydrogen-bond donors (Lipinski definition) is 1. The van der Waals surface area contributed by atoms with Crippen LogP contribution in [-0.4, -0.2) is 32.7 Å². The minimum Gasteiger partial charge on any atom is -0.481 e. The number of para-hydroxylation sites is 1. The number of thiocarbonyl (C=S) groups is 1. The van der Waals surface area contributed by atoms with Gasteiger partial charge < -0.3 is 9.84 Å². The van der Waals surface area contributed by atoms with E-state index in [1.807, 2.05) is 54.6 Å². The lowest BCUT2D eigenvalue weighted by atomic mass is 10.2.